The van der Waals surface area contributed by atoms with Gasteiger partial charge in [-0.15, -0.1) is 0 Å². The van der Waals surface area contributed by atoms with Crippen LogP contribution in [0.3, 0.4) is 0 Å². The van der Waals surface area contributed by atoms with Gasteiger partial charge < -0.3 is 9.84 Å². The van der Waals surface area contributed by atoms with E-state index in [4.69, 9.17) is 21.4 Å². The Morgan fingerprint density at radius 2 is 2.18 bits per heavy atom. The molecular formula is C13H15ClFNO5S. The zero-order chi connectivity index (χ0) is 16.5. The van der Waals surface area contributed by atoms with Gasteiger partial charge in [0.2, 0.25) is 10.0 Å². The van der Waals surface area contributed by atoms with Gasteiger partial charge in [-0.2, -0.15) is 4.31 Å². The summed E-state index contributed by atoms with van der Waals surface area (Å²) in [4.78, 5) is 10.2. The Kier molecular flexibility index (Phi) is 5.06. The van der Waals surface area contributed by atoms with E-state index in [1.54, 1.807) is 0 Å². The Labute approximate surface area is 132 Å². The summed E-state index contributed by atoms with van der Waals surface area (Å²) in [7, 11) is -2.62. The Bertz CT molecular complexity index is 690. The first-order chi connectivity index (χ1) is 10.2. The van der Waals surface area contributed by atoms with Crippen LogP contribution in [-0.2, 0) is 26.0 Å². The Balaban J connectivity index is 2.34. The maximum Gasteiger partial charge on any atom is 0.303 e. The molecule has 0 aliphatic carbocycles. The summed E-state index contributed by atoms with van der Waals surface area (Å²) in [5.74, 6) is -1.85. The molecule has 1 aromatic carbocycles. The van der Waals surface area contributed by atoms with Crippen LogP contribution in [0.25, 0.3) is 0 Å². The highest BCUT2D eigenvalue weighted by atomic mass is 35.5. The highest BCUT2D eigenvalue weighted by Crippen LogP contribution is 2.30. The summed E-state index contributed by atoms with van der Waals surface area (Å²) < 4.78 is 44.6. The van der Waals surface area contributed by atoms with Crippen LogP contribution in [0, 0.1) is 5.82 Å². The smallest absolute Gasteiger partial charge is 0.303 e. The van der Waals surface area contributed by atoms with Gasteiger partial charge in [0.1, 0.15) is 10.7 Å². The van der Waals surface area contributed by atoms with Crippen molar-refractivity contribution < 1.29 is 27.4 Å². The van der Waals surface area contributed by atoms with Crippen molar-refractivity contribution in [1.82, 2.24) is 4.31 Å². The van der Waals surface area contributed by atoms with E-state index in [1.165, 1.54) is 7.05 Å². The van der Waals surface area contributed by atoms with Crippen LogP contribution in [0.5, 0.6) is 0 Å². The fraction of sp³-hybridized carbons (Fsp3) is 0.462. The summed E-state index contributed by atoms with van der Waals surface area (Å²) in [5.41, 5.74) is 0.152. The number of rotatable bonds is 7. The molecule has 1 N–H and O–H groups in total. The molecule has 0 bridgehead atoms. The average molecular weight is 352 g/mol. The molecule has 1 aliphatic heterocycles. The number of aliphatic carboxylic acids is 1. The number of halogens is 2. The van der Waals surface area contributed by atoms with E-state index in [1.807, 2.05) is 0 Å². The number of carbonyl (C=O) groups is 1. The summed E-state index contributed by atoms with van der Waals surface area (Å²) in [5, 5.41) is 8.53. The summed E-state index contributed by atoms with van der Waals surface area (Å²) in [6.07, 6.45) is -0.475. The molecular weight excluding hydrogens is 337 g/mol. The minimum atomic E-state index is -3.97. The van der Waals surface area contributed by atoms with Crippen molar-refractivity contribution in [2.75, 3.05) is 20.2 Å². The molecule has 9 heteroatoms. The fourth-order valence-electron chi connectivity index (χ4n) is 1.96. The van der Waals surface area contributed by atoms with Crippen LogP contribution in [0.1, 0.15) is 12.0 Å². The number of benzene rings is 1. The first kappa shape index (κ1) is 17.1. The third-order valence-corrected chi connectivity index (χ3v) is 5.64. The number of carboxylic acid groups (broad SMARTS) is 1. The van der Waals surface area contributed by atoms with Crippen LogP contribution < -0.4 is 0 Å². The number of sulfonamides is 1. The van der Waals surface area contributed by atoms with Crippen molar-refractivity contribution in [1.29, 1.82) is 0 Å². The van der Waals surface area contributed by atoms with Gasteiger partial charge in [0.25, 0.3) is 0 Å². The normalized spacial score (nSPS) is 17.7. The molecule has 1 aromatic rings. The molecule has 6 nitrogen and oxygen atoms in total. The first-order valence-corrected chi connectivity index (χ1v) is 8.31. The quantitative estimate of drug-likeness (QED) is 0.752. The number of hydrogen-bond acceptors (Lipinski definition) is 4. The van der Waals surface area contributed by atoms with Gasteiger partial charge in [-0.3, -0.25) is 4.79 Å². The van der Waals surface area contributed by atoms with Crippen molar-refractivity contribution in [2.24, 2.45) is 0 Å². The van der Waals surface area contributed by atoms with E-state index in [9.17, 15) is 17.6 Å². The van der Waals surface area contributed by atoms with Crippen molar-refractivity contribution in [3.63, 3.8) is 0 Å². The van der Waals surface area contributed by atoms with E-state index >= 15 is 0 Å². The molecule has 0 saturated carbocycles. The molecule has 1 atom stereocenters. The minimum absolute atomic E-state index is 0.0517. The van der Waals surface area contributed by atoms with Gasteiger partial charge in [0.05, 0.1) is 17.7 Å². The molecule has 1 fully saturated rings. The van der Waals surface area contributed by atoms with Gasteiger partial charge in [0.15, 0.2) is 0 Å². The van der Waals surface area contributed by atoms with E-state index in [2.05, 4.69) is 0 Å². The van der Waals surface area contributed by atoms with Crippen LogP contribution in [-0.4, -0.2) is 50.1 Å². The van der Waals surface area contributed by atoms with Gasteiger partial charge in [0, 0.05) is 20.0 Å². The molecule has 1 heterocycles. The Morgan fingerprint density at radius 3 is 2.73 bits per heavy atom. The fourth-order valence-corrected chi connectivity index (χ4v) is 3.77. The van der Waals surface area contributed by atoms with Crippen molar-refractivity contribution in [3.05, 3.63) is 28.5 Å². The molecule has 0 aromatic heterocycles. The summed E-state index contributed by atoms with van der Waals surface area (Å²) in [6.45, 7) is 0.639. The molecule has 1 aliphatic rings. The zero-order valence-electron chi connectivity index (χ0n) is 11.8. The lowest BCUT2D eigenvalue weighted by Crippen LogP contribution is -2.31. The lowest BCUT2D eigenvalue weighted by Gasteiger charge is -2.18. The second kappa shape index (κ2) is 6.49. The van der Waals surface area contributed by atoms with Crippen molar-refractivity contribution in [2.45, 2.75) is 23.8 Å². The molecule has 22 heavy (non-hydrogen) atoms. The number of ether oxygens (including phenoxy) is 1. The molecule has 0 spiro atoms. The predicted octanol–water partition coefficient (Wildman–Crippen LogP) is 1.52. The number of epoxide rings is 1. The maximum absolute atomic E-state index is 13.7. The average Bonchev–Trinajstić information content (AvgIpc) is 3.22. The van der Waals surface area contributed by atoms with Crippen molar-refractivity contribution in [3.8, 4) is 0 Å². The molecule has 2 rings (SSSR count). The van der Waals surface area contributed by atoms with E-state index in [0.29, 0.717) is 6.61 Å². The number of hydrogen-bond donors (Lipinski definition) is 1. The van der Waals surface area contributed by atoms with Crippen LogP contribution in [0.4, 0.5) is 4.39 Å². The largest absolute Gasteiger partial charge is 0.481 e. The third kappa shape index (κ3) is 3.95. The summed E-state index contributed by atoms with van der Waals surface area (Å²) >= 11 is 6.05. The molecule has 1 unspecified atom stereocenters. The number of likely N-dealkylation sites (N-methyl/N-ethyl adjacent to an activating group) is 1. The van der Waals surface area contributed by atoms with E-state index in [-0.39, 0.29) is 41.0 Å². The summed E-state index contributed by atoms with van der Waals surface area (Å²) in [6, 6.07) is 1.89. The second-order valence-electron chi connectivity index (χ2n) is 5.01. The lowest BCUT2D eigenvalue weighted by atomic mass is 10.1. The number of aryl methyl sites for hydroxylation is 1. The van der Waals surface area contributed by atoms with Gasteiger partial charge >= 0.3 is 5.97 Å². The van der Waals surface area contributed by atoms with Gasteiger partial charge in [-0.05, 0) is 24.1 Å². The maximum atomic E-state index is 13.7. The lowest BCUT2D eigenvalue weighted by molar-refractivity contribution is -0.136. The minimum Gasteiger partial charge on any atom is -0.481 e. The van der Waals surface area contributed by atoms with Crippen molar-refractivity contribution >= 4 is 27.6 Å². The van der Waals surface area contributed by atoms with Crippen LogP contribution in [0.15, 0.2) is 17.0 Å². The second-order valence-corrected chi connectivity index (χ2v) is 7.40. The molecule has 0 amide bonds. The molecule has 1 saturated heterocycles. The van der Waals surface area contributed by atoms with Gasteiger partial charge in [-0.1, -0.05) is 11.6 Å². The predicted molar refractivity (Wildman–Crippen MR) is 76.9 cm³/mol. The SMILES string of the molecule is CN(CC1CO1)S(=O)(=O)c1cc(F)cc(CCC(=O)O)c1Cl. The topological polar surface area (TPSA) is 87.2 Å². The Hall–Kier alpha value is -1.22. The highest BCUT2D eigenvalue weighted by Gasteiger charge is 2.32. The number of carboxylic acids is 1. The zero-order valence-corrected chi connectivity index (χ0v) is 13.3. The standard InChI is InChI=1S/C13H15ClFNO5S/c1-16(6-10-7-21-10)22(19,20)11-5-9(15)4-8(13(11)14)2-3-12(17)18/h4-5,10H,2-3,6-7H2,1H3,(H,17,18). The van der Waals surface area contributed by atoms with Crippen LogP contribution >= 0.6 is 11.6 Å². The van der Waals surface area contributed by atoms with Gasteiger partial charge in [-0.25, -0.2) is 12.8 Å². The van der Waals surface area contributed by atoms with E-state index in [0.717, 1.165) is 16.4 Å². The van der Waals surface area contributed by atoms with E-state index < -0.39 is 21.8 Å². The monoisotopic (exact) mass is 351 g/mol. The molecule has 122 valence electrons. The molecule has 0 radical (unpaired) electrons. The highest BCUT2D eigenvalue weighted by molar-refractivity contribution is 7.89. The third-order valence-electron chi connectivity index (χ3n) is 3.24. The van der Waals surface area contributed by atoms with Crippen LogP contribution in [0.2, 0.25) is 5.02 Å². The number of nitrogens with zero attached hydrogens (tertiary/aromatic N) is 1. The first-order valence-electron chi connectivity index (χ1n) is 6.49. The Morgan fingerprint density at radius 1 is 1.55 bits per heavy atom.